The van der Waals surface area contributed by atoms with Gasteiger partial charge in [-0.2, -0.15) is 0 Å². The van der Waals surface area contributed by atoms with E-state index in [2.05, 4.69) is 12.2 Å². The van der Waals surface area contributed by atoms with Crippen LogP contribution in [-0.4, -0.2) is 23.8 Å². The van der Waals surface area contributed by atoms with Gasteiger partial charge in [-0.05, 0) is 61.4 Å². The van der Waals surface area contributed by atoms with Gasteiger partial charge < -0.3 is 15.5 Å². The Morgan fingerprint density at radius 2 is 1.90 bits per heavy atom. The molecule has 3 nitrogen and oxygen atoms in total. The van der Waals surface area contributed by atoms with Gasteiger partial charge in [-0.15, -0.1) is 0 Å². The number of hydrogen-bond acceptors (Lipinski definition) is 3. The SMILES string of the molecule is CNCC1=C(C)c2ccc(O)c(O)c2CC12CCCC2. The fraction of sp³-hybridized carbons (Fsp3) is 0.529. The zero-order valence-corrected chi connectivity index (χ0v) is 12.3. The van der Waals surface area contributed by atoms with Gasteiger partial charge in [-0.25, -0.2) is 0 Å². The summed E-state index contributed by atoms with van der Waals surface area (Å²) in [7, 11) is 1.99. The first-order valence-corrected chi connectivity index (χ1v) is 7.48. The lowest BCUT2D eigenvalue weighted by Crippen LogP contribution is -2.32. The van der Waals surface area contributed by atoms with Crippen molar-refractivity contribution >= 4 is 5.57 Å². The number of aromatic hydroxyl groups is 2. The van der Waals surface area contributed by atoms with Gasteiger partial charge in [0.1, 0.15) is 0 Å². The highest BCUT2D eigenvalue weighted by Gasteiger charge is 2.42. The van der Waals surface area contributed by atoms with E-state index < -0.39 is 0 Å². The maximum absolute atomic E-state index is 10.2. The molecule has 1 saturated carbocycles. The van der Waals surface area contributed by atoms with E-state index in [1.54, 1.807) is 6.07 Å². The Kier molecular flexibility index (Phi) is 3.25. The summed E-state index contributed by atoms with van der Waals surface area (Å²) in [6.45, 7) is 3.06. The first kappa shape index (κ1) is 13.5. The Labute approximate surface area is 120 Å². The maximum Gasteiger partial charge on any atom is 0.161 e. The molecular formula is C17H23NO2. The van der Waals surface area contributed by atoms with E-state index in [0.717, 1.165) is 24.1 Å². The van der Waals surface area contributed by atoms with Gasteiger partial charge >= 0.3 is 0 Å². The van der Waals surface area contributed by atoms with Crippen molar-refractivity contribution < 1.29 is 10.2 Å². The Morgan fingerprint density at radius 1 is 1.20 bits per heavy atom. The molecule has 108 valence electrons. The number of phenols is 2. The Bertz CT molecular complexity index is 569. The van der Waals surface area contributed by atoms with Crippen LogP contribution in [0.1, 0.15) is 43.7 Å². The van der Waals surface area contributed by atoms with Crippen LogP contribution in [0.4, 0.5) is 0 Å². The highest BCUT2D eigenvalue weighted by Crippen LogP contribution is 2.54. The van der Waals surface area contributed by atoms with Crippen LogP contribution in [0.25, 0.3) is 5.57 Å². The fourth-order valence-electron chi connectivity index (χ4n) is 4.19. The monoisotopic (exact) mass is 273 g/mol. The van der Waals surface area contributed by atoms with E-state index in [9.17, 15) is 10.2 Å². The number of likely N-dealkylation sites (N-methyl/N-ethyl adjacent to an activating group) is 1. The summed E-state index contributed by atoms with van der Waals surface area (Å²) in [4.78, 5) is 0. The summed E-state index contributed by atoms with van der Waals surface area (Å²) in [5, 5.41) is 23.3. The summed E-state index contributed by atoms with van der Waals surface area (Å²) < 4.78 is 0. The molecule has 1 aromatic carbocycles. The van der Waals surface area contributed by atoms with E-state index in [0.29, 0.717) is 0 Å². The number of rotatable bonds is 2. The third kappa shape index (κ3) is 1.84. The van der Waals surface area contributed by atoms with E-state index in [-0.39, 0.29) is 16.9 Å². The minimum absolute atomic E-state index is 0.00163. The molecule has 0 heterocycles. The van der Waals surface area contributed by atoms with Crippen LogP contribution in [0.5, 0.6) is 11.5 Å². The molecule has 0 unspecified atom stereocenters. The van der Waals surface area contributed by atoms with Crippen LogP contribution >= 0.6 is 0 Å². The Hall–Kier alpha value is -1.48. The average molecular weight is 273 g/mol. The summed E-state index contributed by atoms with van der Waals surface area (Å²) in [6, 6.07) is 3.54. The van der Waals surface area contributed by atoms with E-state index >= 15 is 0 Å². The molecule has 2 aliphatic rings. The minimum Gasteiger partial charge on any atom is -0.504 e. The van der Waals surface area contributed by atoms with Crippen LogP contribution in [0.2, 0.25) is 0 Å². The van der Waals surface area contributed by atoms with E-state index in [4.69, 9.17) is 0 Å². The van der Waals surface area contributed by atoms with Gasteiger partial charge in [0.2, 0.25) is 0 Å². The number of phenolic OH excluding ortho intramolecular Hbond substituents is 2. The molecular weight excluding hydrogens is 250 g/mol. The molecule has 1 fully saturated rings. The summed E-state index contributed by atoms with van der Waals surface area (Å²) in [5.74, 6) is 0.0818. The van der Waals surface area contributed by atoms with Crippen LogP contribution in [0, 0.1) is 5.41 Å². The minimum atomic E-state index is 0.00163. The molecule has 0 aliphatic heterocycles. The highest BCUT2D eigenvalue weighted by atomic mass is 16.3. The number of benzene rings is 1. The second-order valence-electron chi connectivity index (χ2n) is 6.26. The summed E-state index contributed by atoms with van der Waals surface area (Å²) in [6.07, 6.45) is 5.76. The molecule has 0 saturated heterocycles. The summed E-state index contributed by atoms with van der Waals surface area (Å²) >= 11 is 0. The lowest BCUT2D eigenvalue weighted by Gasteiger charge is -2.39. The molecule has 3 N–H and O–H groups in total. The zero-order chi connectivity index (χ0) is 14.3. The zero-order valence-electron chi connectivity index (χ0n) is 12.3. The number of nitrogens with one attached hydrogen (secondary N) is 1. The van der Waals surface area contributed by atoms with Crippen LogP contribution in [0.3, 0.4) is 0 Å². The standard InChI is InChI=1S/C17H23NO2/c1-11-12-5-6-15(19)16(20)13(12)9-17(7-3-4-8-17)14(11)10-18-2/h5-6,18-20H,3-4,7-10H2,1-2H3. The van der Waals surface area contributed by atoms with Gasteiger partial charge in [0.15, 0.2) is 11.5 Å². The van der Waals surface area contributed by atoms with Gasteiger partial charge in [-0.1, -0.05) is 18.9 Å². The molecule has 3 rings (SSSR count). The Balaban J connectivity index is 2.19. The first-order valence-electron chi connectivity index (χ1n) is 7.48. The predicted octanol–water partition coefficient (Wildman–Crippen LogP) is 3.21. The van der Waals surface area contributed by atoms with Crippen LogP contribution in [0.15, 0.2) is 17.7 Å². The predicted molar refractivity (Wildman–Crippen MR) is 80.9 cm³/mol. The summed E-state index contributed by atoms with van der Waals surface area (Å²) in [5.41, 5.74) is 4.99. The molecule has 1 aromatic rings. The molecule has 0 amide bonds. The lowest BCUT2D eigenvalue weighted by atomic mass is 9.66. The highest BCUT2D eigenvalue weighted by molar-refractivity contribution is 5.76. The number of fused-ring (bicyclic) bond motifs is 1. The number of hydrogen-bond donors (Lipinski definition) is 3. The average Bonchev–Trinajstić information content (AvgIpc) is 2.89. The van der Waals surface area contributed by atoms with Crippen molar-refractivity contribution in [3.63, 3.8) is 0 Å². The second-order valence-corrected chi connectivity index (χ2v) is 6.26. The molecule has 3 heteroatoms. The normalized spacial score (nSPS) is 20.5. The van der Waals surface area contributed by atoms with Crippen LogP contribution < -0.4 is 5.32 Å². The van der Waals surface area contributed by atoms with Crippen molar-refractivity contribution in [1.82, 2.24) is 5.32 Å². The van der Waals surface area contributed by atoms with Crippen molar-refractivity contribution in [3.05, 3.63) is 28.8 Å². The lowest BCUT2D eigenvalue weighted by molar-refractivity contribution is 0.337. The largest absolute Gasteiger partial charge is 0.504 e. The van der Waals surface area contributed by atoms with Gasteiger partial charge in [-0.3, -0.25) is 0 Å². The van der Waals surface area contributed by atoms with Gasteiger partial charge in [0.25, 0.3) is 0 Å². The molecule has 2 aliphatic carbocycles. The number of allylic oxidation sites excluding steroid dienone is 1. The molecule has 0 radical (unpaired) electrons. The molecule has 0 atom stereocenters. The quantitative estimate of drug-likeness (QED) is 0.725. The van der Waals surface area contributed by atoms with Gasteiger partial charge in [0, 0.05) is 12.1 Å². The van der Waals surface area contributed by atoms with Crippen molar-refractivity contribution in [2.75, 3.05) is 13.6 Å². The van der Waals surface area contributed by atoms with Crippen molar-refractivity contribution in [2.24, 2.45) is 5.41 Å². The Morgan fingerprint density at radius 3 is 2.55 bits per heavy atom. The second kappa shape index (κ2) is 4.81. The van der Waals surface area contributed by atoms with Crippen molar-refractivity contribution in [2.45, 2.75) is 39.0 Å². The maximum atomic E-state index is 10.2. The third-order valence-electron chi connectivity index (χ3n) is 5.19. The fourth-order valence-corrected chi connectivity index (χ4v) is 4.19. The smallest absolute Gasteiger partial charge is 0.161 e. The molecule has 1 spiro atoms. The van der Waals surface area contributed by atoms with Gasteiger partial charge in [0.05, 0.1) is 0 Å². The third-order valence-corrected chi connectivity index (χ3v) is 5.19. The van der Waals surface area contributed by atoms with E-state index in [1.165, 1.54) is 36.8 Å². The van der Waals surface area contributed by atoms with Crippen molar-refractivity contribution in [1.29, 1.82) is 0 Å². The van der Waals surface area contributed by atoms with E-state index in [1.807, 2.05) is 13.1 Å². The molecule has 20 heavy (non-hydrogen) atoms. The van der Waals surface area contributed by atoms with Crippen LogP contribution in [-0.2, 0) is 6.42 Å². The molecule has 0 bridgehead atoms. The first-order chi connectivity index (χ1) is 9.59. The molecule has 0 aromatic heterocycles. The topological polar surface area (TPSA) is 52.5 Å². The van der Waals surface area contributed by atoms with Crippen molar-refractivity contribution in [3.8, 4) is 11.5 Å².